The van der Waals surface area contributed by atoms with E-state index in [1.165, 1.54) is 31.4 Å². The number of rotatable bonds is 8. The van der Waals surface area contributed by atoms with Gasteiger partial charge in [-0.25, -0.2) is 13.9 Å². The highest BCUT2D eigenvalue weighted by molar-refractivity contribution is 7.89. The first-order chi connectivity index (χ1) is 14.5. The molecule has 1 aliphatic rings. The second kappa shape index (κ2) is 9.98. The van der Waals surface area contributed by atoms with Gasteiger partial charge in [0.05, 0.1) is 18.1 Å². The fraction of sp³-hybridized carbons (Fsp3) is 0.400. The van der Waals surface area contributed by atoms with Crippen LogP contribution >= 0.6 is 0 Å². The summed E-state index contributed by atoms with van der Waals surface area (Å²) < 4.78 is 39.1. The molecule has 1 fully saturated rings. The van der Waals surface area contributed by atoms with Gasteiger partial charge >= 0.3 is 0 Å². The molecule has 0 aliphatic carbocycles. The number of amides is 1. The number of ether oxygens (including phenoxy) is 2. The van der Waals surface area contributed by atoms with E-state index in [0.29, 0.717) is 24.3 Å². The van der Waals surface area contributed by atoms with E-state index in [1.807, 2.05) is 0 Å². The Kier molecular flexibility index (Phi) is 7.38. The van der Waals surface area contributed by atoms with Crippen molar-refractivity contribution in [1.82, 2.24) is 14.8 Å². The summed E-state index contributed by atoms with van der Waals surface area (Å²) in [5.74, 6) is -0.331. The van der Waals surface area contributed by atoms with Crippen LogP contribution < -0.4 is 10.2 Å². The summed E-state index contributed by atoms with van der Waals surface area (Å²) in [6, 6.07) is 8.02. The molecule has 2 unspecified atom stereocenters. The molecule has 162 valence electrons. The highest BCUT2D eigenvalue weighted by Gasteiger charge is 2.42. The average molecular weight is 436 g/mol. The van der Waals surface area contributed by atoms with Crippen LogP contribution in [-0.2, 0) is 26.1 Å². The van der Waals surface area contributed by atoms with Crippen LogP contribution in [0.1, 0.15) is 24.8 Å². The minimum absolute atomic E-state index is 0.00362. The molecule has 10 heteroatoms. The molecular formula is C20H25N3O6S. The Morgan fingerprint density at radius 3 is 2.53 bits per heavy atom. The van der Waals surface area contributed by atoms with Crippen molar-refractivity contribution in [1.29, 1.82) is 0 Å². The normalized spacial score (nSPS) is 18.0. The molecule has 2 aromatic rings. The van der Waals surface area contributed by atoms with Crippen LogP contribution in [0.15, 0.2) is 53.7 Å². The molecule has 0 spiro atoms. The van der Waals surface area contributed by atoms with Crippen LogP contribution in [0.3, 0.4) is 0 Å². The number of hydrogen-bond donors (Lipinski definition) is 2. The number of nitrogens with zero attached hydrogens (tertiary/aromatic N) is 2. The van der Waals surface area contributed by atoms with Gasteiger partial charge in [-0.3, -0.25) is 15.0 Å². The van der Waals surface area contributed by atoms with E-state index >= 15 is 0 Å². The molecular weight excluding hydrogens is 410 g/mol. The van der Waals surface area contributed by atoms with Crippen molar-refractivity contribution in [3.8, 4) is 5.75 Å². The molecule has 30 heavy (non-hydrogen) atoms. The summed E-state index contributed by atoms with van der Waals surface area (Å²) in [5.41, 5.74) is 2.26. The molecule has 1 aliphatic heterocycles. The van der Waals surface area contributed by atoms with Crippen LogP contribution in [0.5, 0.6) is 5.75 Å². The van der Waals surface area contributed by atoms with Gasteiger partial charge in [0.15, 0.2) is 0 Å². The van der Waals surface area contributed by atoms with Gasteiger partial charge in [0.1, 0.15) is 11.8 Å². The van der Waals surface area contributed by atoms with Gasteiger partial charge < -0.3 is 9.47 Å². The number of benzene rings is 1. The lowest BCUT2D eigenvalue weighted by Crippen LogP contribution is -2.55. The van der Waals surface area contributed by atoms with Gasteiger partial charge in [-0.1, -0.05) is 0 Å². The molecule has 1 amide bonds. The zero-order valence-electron chi connectivity index (χ0n) is 16.6. The Morgan fingerprint density at radius 2 is 1.97 bits per heavy atom. The predicted octanol–water partition coefficient (Wildman–Crippen LogP) is 1.72. The molecule has 0 bridgehead atoms. The number of carbonyl (C=O) groups excluding carboxylic acids is 1. The SMILES string of the molecule is COc1ccc(S(=O)(=O)N(Cc2ccncc2)C(C(=O)NO)C2CCCCO2)cc1. The number of hydrogen-bond acceptors (Lipinski definition) is 7. The number of hydroxylamine groups is 1. The molecule has 1 saturated heterocycles. The first-order valence-electron chi connectivity index (χ1n) is 9.57. The lowest BCUT2D eigenvalue weighted by atomic mass is 10.0. The Labute approximate surface area is 175 Å². The van der Waals surface area contributed by atoms with Gasteiger partial charge in [-0.2, -0.15) is 4.31 Å². The van der Waals surface area contributed by atoms with Gasteiger partial charge in [0.25, 0.3) is 5.91 Å². The van der Waals surface area contributed by atoms with E-state index in [9.17, 15) is 18.4 Å². The average Bonchev–Trinajstić information content (AvgIpc) is 2.80. The first-order valence-corrected chi connectivity index (χ1v) is 11.0. The lowest BCUT2D eigenvalue weighted by Gasteiger charge is -2.36. The number of carbonyl (C=O) groups is 1. The smallest absolute Gasteiger partial charge is 0.264 e. The Morgan fingerprint density at radius 1 is 1.27 bits per heavy atom. The molecule has 2 heterocycles. The van der Waals surface area contributed by atoms with Crippen molar-refractivity contribution in [3.63, 3.8) is 0 Å². The van der Waals surface area contributed by atoms with Gasteiger partial charge in [-0.15, -0.1) is 0 Å². The highest BCUT2D eigenvalue weighted by Crippen LogP contribution is 2.28. The minimum Gasteiger partial charge on any atom is -0.497 e. The van der Waals surface area contributed by atoms with E-state index < -0.39 is 28.1 Å². The Hall–Kier alpha value is -2.53. The second-order valence-corrected chi connectivity index (χ2v) is 8.80. The van der Waals surface area contributed by atoms with Crippen LogP contribution in [0.2, 0.25) is 0 Å². The third-order valence-corrected chi connectivity index (χ3v) is 6.85. The van der Waals surface area contributed by atoms with Gasteiger partial charge in [0, 0.05) is 25.5 Å². The fourth-order valence-corrected chi connectivity index (χ4v) is 5.05. The zero-order chi connectivity index (χ0) is 21.6. The van der Waals surface area contributed by atoms with E-state index in [1.54, 1.807) is 30.0 Å². The van der Waals surface area contributed by atoms with Gasteiger partial charge in [0.2, 0.25) is 10.0 Å². The Bertz CT molecular complexity index is 931. The first kappa shape index (κ1) is 22.2. The molecule has 3 rings (SSSR count). The summed E-state index contributed by atoms with van der Waals surface area (Å²) >= 11 is 0. The summed E-state index contributed by atoms with van der Waals surface area (Å²) in [7, 11) is -2.64. The number of sulfonamides is 1. The van der Waals surface area contributed by atoms with Crippen molar-refractivity contribution < 1.29 is 27.9 Å². The monoisotopic (exact) mass is 435 g/mol. The summed E-state index contributed by atoms with van der Waals surface area (Å²) in [6.45, 7) is 0.334. The molecule has 9 nitrogen and oxygen atoms in total. The number of methoxy groups -OCH3 is 1. The van der Waals surface area contributed by atoms with Gasteiger partial charge in [-0.05, 0) is 61.2 Å². The highest BCUT2D eigenvalue weighted by atomic mass is 32.2. The van der Waals surface area contributed by atoms with Crippen LogP contribution in [-0.4, -0.2) is 54.7 Å². The third kappa shape index (κ3) is 4.96. The molecule has 1 aromatic heterocycles. The number of pyridine rings is 1. The minimum atomic E-state index is -4.12. The molecule has 2 atom stereocenters. The quantitative estimate of drug-likeness (QED) is 0.479. The molecule has 2 N–H and O–H groups in total. The van der Waals surface area contributed by atoms with Crippen LogP contribution in [0, 0.1) is 0 Å². The third-order valence-electron chi connectivity index (χ3n) is 5.01. The molecule has 0 saturated carbocycles. The zero-order valence-corrected chi connectivity index (χ0v) is 17.4. The second-order valence-electron chi connectivity index (χ2n) is 6.91. The van der Waals surface area contributed by atoms with E-state index in [2.05, 4.69) is 4.98 Å². The van der Waals surface area contributed by atoms with E-state index in [-0.39, 0.29) is 11.4 Å². The standard InChI is InChI=1S/C20H25N3O6S/c1-28-16-5-7-17(8-6-16)30(26,27)23(14-15-9-11-21-12-10-15)19(20(24)22-25)18-4-2-3-13-29-18/h5-12,18-19,25H,2-4,13-14H2,1H3,(H,22,24). The van der Waals surface area contributed by atoms with Crippen molar-refractivity contribution in [2.45, 2.75) is 42.8 Å². The maximum Gasteiger partial charge on any atom is 0.264 e. The molecule has 0 radical (unpaired) electrons. The van der Waals surface area contributed by atoms with Crippen LogP contribution in [0.25, 0.3) is 0 Å². The predicted molar refractivity (Wildman–Crippen MR) is 107 cm³/mol. The van der Waals surface area contributed by atoms with E-state index in [4.69, 9.17) is 9.47 Å². The van der Waals surface area contributed by atoms with Crippen molar-refractivity contribution in [3.05, 3.63) is 54.4 Å². The fourth-order valence-electron chi connectivity index (χ4n) is 3.45. The number of nitrogens with one attached hydrogen (secondary N) is 1. The summed E-state index contributed by atoms with van der Waals surface area (Å²) in [4.78, 5) is 16.6. The largest absolute Gasteiger partial charge is 0.497 e. The molecule has 1 aromatic carbocycles. The maximum absolute atomic E-state index is 13.6. The number of aromatic nitrogens is 1. The Balaban J connectivity index is 2.05. The van der Waals surface area contributed by atoms with Crippen LogP contribution in [0.4, 0.5) is 0 Å². The topological polar surface area (TPSA) is 118 Å². The lowest BCUT2D eigenvalue weighted by molar-refractivity contribution is -0.140. The van der Waals surface area contributed by atoms with E-state index in [0.717, 1.165) is 17.1 Å². The van der Waals surface area contributed by atoms with Crippen molar-refractivity contribution >= 4 is 15.9 Å². The van der Waals surface area contributed by atoms with Crippen molar-refractivity contribution in [2.75, 3.05) is 13.7 Å². The maximum atomic E-state index is 13.6. The van der Waals surface area contributed by atoms with Crippen molar-refractivity contribution in [2.24, 2.45) is 0 Å². The summed E-state index contributed by atoms with van der Waals surface area (Å²) in [5, 5.41) is 9.35. The summed E-state index contributed by atoms with van der Waals surface area (Å²) in [6.07, 6.45) is 4.55.